The third-order valence-electron chi connectivity index (χ3n) is 3.49. The largest absolute Gasteiger partial charge is 0.493 e. The van der Waals surface area contributed by atoms with Crippen LogP contribution in [0.15, 0.2) is 53.5 Å². The average molecular weight is 398 g/mol. The van der Waals surface area contributed by atoms with Gasteiger partial charge in [-0.2, -0.15) is 4.99 Å². The number of hydrogen-bond acceptors (Lipinski definition) is 6. The van der Waals surface area contributed by atoms with Crippen LogP contribution in [0.25, 0.3) is 0 Å². The average Bonchev–Trinajstić information content (AvgIpc) is 2.69. The van der Waals surface area contributed by atoms with E-state index in [4.69, 9.17) is 4.74 Å². The van der Waals surface area contributed by atoms with Gasteiger partial charge in [-0.05, 0) is 67.7 Å². The van der Waals surface area contributed by atoms with Crippen LogP contribution in [0.4, 0.5) is 5.69 Å². The zero-order valence-corrected chi connectivity index (χ0v) is 16.6. The van der Waals surface area contributed by atoms with Gasteiger partial charge in [0, 0.05) is 24.0 Å². The van der Waals surface area contributed by atoms with E-state index in [0.29, 0.717) is 42.0 Å². The molecular formula is C21H22N2O4S. The van der Waals surface area contributed by atoms with Crippen LogP contribution in [0.3, 0.4) is 0 Å². The van der Waals surface area contributed by atoms with Crippen molar-refractivity contribution in [3.05, 3.63) is 59.7 Å². The maximum atomic E-state index is 12.4. The van der Waals surface area contributed by atoms with Gasteiger partial charge in [0.05, 0.1) is 17.5 Å². The highest BCUT2D eigenvalue weighted by molar-refractivity contribution is 7.78. The predicted octanol–water partition coefficient (Wildman–Crippen LogP) is 3.89. The number of hydrogen-bond donors (Lipinski definition) is 1. The molecule has 6 nitrogen and oxygen atoms in total. The summed E-state index contributed by atoms with van der Waals surface area (Å²) in [5.74, 6) is 0.384. The zero-order chi connectivity index (χ0) is 20.9. The molecule has 0 unspecified atom stereocenters. The molecule has 2 N–H and O–H groups in total. The van der Waals surface area contributed by atoms with Gasteiger partial charge in [0.1, 0.15) is 11.5 Å². The quantitative estimate of drug-likeness (QED) is 0.413. The lowest BCUT2D eigenvalue weighted by Crippen LogP contribution is -2.06. The summed E-state index contributed by atoms with van der Waals surface area (Å²) in [7, 11) is 0. The molecule has 2 aromatic carbocycles. The minimum absolute atomic E-state index is 0.0817. The molecule has 0 heterocycles. The summed E-state index contributed by atoms with van der Waals surface area (Å²) in [5.41, 5.74) is 6.44. The van der Waals surface area contributed by atoms with Crippen molar-refractivity contribution in [2.75, 3.05) is 6.61 Å². The fraction of sp³-hybridized carbons (Fsp3) is 0.238. The first-order chi connectivity index (χ1) is 13.4. The van der Waals surface area contributed by atoms with E-state index in [0.717, 1.165) is 0 Å². The maximum absolute atomic E-state index is 12.4. The topological polar surface area (TPSA) is 98.8 Å². The second kappa shape index (κ2) is 12.3. The van der Waals surface area contributed by atoms with E-state index >= 15 is 0 Å². The van der Waals surface area contributed by atoms with Crippen LogP contribution in [0, 0.1) is 0 Å². The summed E-state index contributed by atoms with van der Waals surface area (Å²) >= 11 is 4.54. The number of benzene rings is 2. The third kappa shape index (κ3) is 8.49. The Labute approximate surface area is 169 Å². The molecule has 0 aliphatic heterocycles. The van der Waals surface area contributed by atoms with Gasteiger partial charge in [0.25, 0.3) is 0 Å². The van der Waals surface area contributed by atoms with E-state index in [2.05, 4.69) is 28.1 Å². The van der Waals surface area contributed by atoms with E-state index in [1.165, 1.54) is 6.92 Å². The van der Waals surface area contributed by atoms with Crippen molar-refractivity contribution in [2.45, 2.75) is 26.7 Å². The molecule has 0 aromatic heterocycles. The molecule has 1 amide bonds. The number of thiocarbonyl (C=S) groups is 1. The number of nitrogens with two attached hydrogens (primary N) is 1. The van der Waals surface area contributed by atoms with E-state index in [1.54, 1.807) is 55.5 Å². The number of isothiocyanates is 1. The lowest BCUT2D eigenvalue weighted by atomic mass is 10.0. The normalized spacial score (nSPS) is 9.36. The van der Waals surface area contributed by atoms with Crippen molar-refractivity contribution in [2.24, 2.45) is 10.7 Å². The minimum Gasteiger partial charge on any atom is -0.493 e. The van der Waals surface area contributed by atoms with E-state index < -0.39 is 0 Å². The molecule has 0 saturated heterocycles. The fourth-order valence-electron chi connectivity index (χ4n) is 1.92. The van der Waals surface area contributed by atoms with Crippen molar-refractivity contribution in [3.8, 4) is 5.75 Å². The summed E-state index contributed by atoms with van der Waals surface area (Å²) in [6, 6.07) is 13.7. The molecule has 0 atom stereocenters. The second-order valence-electron chi connectivity index (χ2n) is 5.72. The number of Topliss-reactive ketones (excluding diaryl/α,β-unsaturated/α-hetero) is 1. The van der Waals surface area contributed by atoms with Crippen LogP contribution >= 0.6 is 12.2 Å². The standard InChI is InChI=1S/C18H15NO3S.C3H7NO/c1-13(20)10-11-22-17-8-4-15(5-9-17)18(21)14-2-6-16(7-3-14)19-12-23;1-2-3(4)5/h2-9H,10-11H2,1H3;2H2,1H3,(H2,4,5). The van der Waals surface area contributed by atoms with Gasteiger partial charge in [0.2, 0.25) is 5.91 Å². The van der Waals surface area contributed by atoms with Crippen LogP contribution in [-0.2, 0) is 9.59 Å². The molecule has 0 fully saturated rings. The number of rotatable bonds is 8. The Kier molecular flexibility index (Phi) is 10.0. The summed E-state index contributed by atoms with van der Waals surface area (Å²) < 4.78 is 5.44. The van der Waals surface area contributed by atoms with Crippen molar-refractivity contribution in [3.63, 3.8) is 0 Å². The van der Waals surface area contributed by atoms with Crippen LogP contribution in [0.1, 0.15) is 42.6 Å². The molecular weight excluding hydrogens is 376 g/mol. The molecule has 0 spiro atoms. The number of amides is 1. The maximum Gasteiger partial charge on any atom is 0.217 e. The molecule has 0 saturated carbocycles. The third-order valence-corrected chi connectivity index (χ3v) is 3.58. The molecule has 2 aromatic rings. The van der Waals surface area contributed by atoms with Gasteiger partial charge in [0.15, 0.2) is 5.78 Å². The molecule has 146 valence electrons. The van der Waals surface area contributed by atoms with Crippen LogP contribution < -0.4 is 10.5 Å². The zero-order valence-electron chi connectivity index (χ0n) is 15.8. The van der Waals surface area contributed by atoms with Gasteiger partial charge < -0.3 is 10.5 Å². The molecule has 7 heteroatoms. The molecule has 0 aliphatic carbocycles. The van der Waals surface area contributed by atoms with Gasteiger partial charge in [-0.1, -0.05) is 6.92 Å². The van der Waals surface area contributed by atoms with Crippen LogP contribution in [-0.4, -0.2) is 29.2 Å². The highest BCUT2D eigenvalue weighted by Gasteiger charge is 2.09. The van der Waals surface area contributed by atoms with Gasteiger partial charge in [-0.3, -0.25) is 14.4 Å². The van der Waals surface area contributed by atoms with E-state index in [9.17, 15) is 14.4 Å². The van der Waals surface area contributed by atoms with Crippen LogP contribution in [0.5, 0.6) is 5.75 Å². The molecule has 2 rings (SSSR count). The van der Waals surface area contributed by atoms with Crippen molar-refractivity contribution < 1.29 is 19.1 Å². The number of primary amides is 1. The Balaban J connectivity index is 0.000000696. The molecule has 0 aliphatic rings. The lowest BCUT2D eigenvalue weighted by molar-refractivity contribution is -0.118. The number of carbonyl (C=O) groups is 3. The Morgan fingerprint density at radius 2 is 1.54 bits per heavy atom. The first-order valence-corrected chi connectivity index (χ1v) is 9.01. The first-order valence-electron chi connectivity index (χ1n) is 8.60. The highest BCUT2D eigenvalue weighted by Crippen LogP contribution is 2.18. The van der Waals surface area contributed by atoms with Gasteiger partial charge in [-0.15, -0.1) is 0 Å². The van der Waals surface area contributed by atoms with Crippen molar-refractivity contribution in [1.82, 2.24) is 0 Å². The van der Waals surface area contributed by atoms with Crippen LogP contribution in [0.2, 0.25) is 0 Å². The van der Waals surface area contributed by atoms with E-state index in [-0.39, 0.29) is 17.5 Å². The first kappa shape index (κ1) is 22.9. The molecule has 0 radical (unpaired) electrons. The Bertz CT molecular complexity index is 855. The number of nitrogens with zero attached hydrogens (tertiary/aromatic N) is 1. The predicted molar refractivity (Wildman–Crippen MR) is 111 cm³/mol. The summed E-state index contributed by atoms with van der Waals surface area (Å²) in [5, 5.41) is 2.28. The highest BCUT2D eigenvalue weighted by atomic mass is 32.1. The number of ketones is 2. The van der Waals surface area contributed by atoms with Crippen molar-refractivity contribution in [1.29, 1.82) is 0 Å². The number of aliphatic imine (C=N–C) groups is 1. The summed E-state index contributed by atoms with van der Waals surface area (Å²) in [6.07, 6.45) is 0.817. The summed E-state index contributed by atoms with van der Waals surface area (Å²) in [4.78, 5) is 36.7. The smallest absolute Gasteiger partial charge is 0.217 e. The molecule has 0 bridgehead atoms. The second-order valence-corrected chi connectivity index (χ2v) is 5.91. The lowest BCUT2D eigenvalue weighted by Gasteiger charge is -2.06. The van der Waals surface area contributed by atoms with Crippen molar-refractivity contribution >= 4 is 40.5 Å². The minimum atomic E-state index is -0.245. The Hall–Kier alpha value is -3.15. The van der Waals surface area contributed by atoms with Gasteiger partial charge in [-0.25, -0.2) is 0 Å². The number of ether oxygens (including phenoxy) is 1. The molecule has 28 heavy (non-hydrogen) atoms. The number of carbonyl (C=O) groups excluding carboxylic acids is 3. The van der Waals surface area contributed by atoms with Gasteiger partial charge >= 0.3 is 0 Å². The van der Waals surface area contributed by atoms with E-state index in [1.807, 2.05) is 0 Å². The SMILES string of the molecule is CC(=O)CCOc1ccc(C(=O)c2ccc(N=C=S)cc2)cc1.CCC(N)=O. The fourth-order valence-corrected chi connectivity index (χ4v) is 2.03. The monoisotopic (exact) mass is 398 g/mol. The Morgan fingerprint density at radius 1 is 1.04 bits per heavy atom. The Morgan fingerprint density at radius 3 is 1.96 bits per heavy atom. The summed E-state index contributed by atoms with van der Waals surface area (Å²) in [6.45, 7) is 3.58.